The number of hydrogen-bond donors (Lipinski definition) is 0. The smallest absolute Gasteiger partial charge is 0.207 e. The van der Waals surface area contributed by atoms with E-state index in [1.165, 1.54) is 4.31 Å². The van der Waals surface area contributed by atoms with Gasteiger partial charge in [-0.2, -0.15) is 4.31 Å². The number of sulfonamides is 1. The summed E-state index contributed by atoms with van der Waals surface area (Å²) >= 11 is 0. The molecule has 1 aliphatic heterocycles. The number of nitrogens with zero attached hydrogens (tertiary/aromatic N) is 1. The number of hydrogen-bond acceptors (Lipinski definition) is 2. The zero-order chi connectivity index (χ0) is 17.3. The third kappa shape index (κ3) is 3.19. The molecule has 5 heteroatoms. The van der Waals surface area contributed by atoms with Crippen LogP contribution in [0.4, 0.5) is 0 Å². The van der Waals surface area contributed by atoms with Crippen LogP contribution in [0.5, 0.6) is 0 Å². The molecule has 2 atom stereocenters. The van der Waals surface area contributed by atoms with Gasteiger partial charge in [-0.1, -0.05) is 66.0 Å². The molecular weight excluding hydrogens is 317 g/mol. The number of aryl methyl sites for hydroxylation is 1. The molecule has 1 fully saturated rings. The van der Waals surface area contributed by atoms with E-state index in [1.54, 1.807) is 24.3 Å². The summed E-state index contributed by atoms with van der Waals surface area (Å²) in [5.74, 6) is -0.329. The minimum atomic E-state index is -3.56. The quantitative estimate of drug-likeness (QED) is 0.637. The molecule has 2 aromatic carbocycles. The van der Waals surface area contributed by atoms with Crippen molar-refractivity contribution in [3.05, 3.63) is 77.9 Å². The molecule has 1 heterocycles. The minimum Gasteiger partial charge on any atom is -0.207 e. The first kappa shape index (κ1) is 17.0. The zero-order valence-electron chi connectivity index (χ0n) is 13.7. The molecule has 2 radical (unpaired) electrons. The van der Waals surface area contributed by atoms with Gasteiger partial charge in [-0.15, -0.1) is 0 Å². The number of piperidine rings is 1. The van der Waals surface area contributed by atoms with Crippen molar-refractivity contribution in [3.63, 3.8) is 0 Å². The fraction of sp³-hybridized carbons (Fsp3) is 0.263. The summed E-state index contributed by atoms with van der Waals surface area (Å²) in [5, 5.41) is 0. The Kier molecular flexibility index (Phi) is 4.65. The summed E-state index contributed by atoms with van der Waals surface area (Å²) in [5.41, 5.74) is 2.94. The van der Waals surface area contributed by atoms with E-state index in [2.05, 4.69) is 6.58 Å². The van der Waals surface area contributed by atoms with E-state index in [-0.39, 0.29) is 18.3 Å². The first-order valence-electron chi connectivity index (χ1n) is 7.94. The Hall–Kier alpha value is -1.85. The van der Waals surface area contributed by atoms with Gasteiger partial charge in [0.25, 0.3) is 0 Å². The van der Waals surface area contributed by atoms with Crippen LogP contribution in [0.25, 0.3) is 0 Å². The van der Waals surface area contributed by atoms with Gasteiger partial charge in [-0.05, 0) is 24.6 Å². The topological polar surface area (TPSA) is 37.4 Å². The zero-order valence-corrected chi connectivity index (χ0v) is 14.5. The van der Waals surface area contributed by atoms with Gasteiger partial charge in [0.15, 0.2) is 0 Å². The lowest BCUT2D eigenvalue weighted by Crippen LogP contribution is -2.42. The average Bonchev–Trinajstić information content (AvgIpc) is 2.55. The molecule has 3 rings (SSSR count). The first-order chi connectivity index (χ1) is 11.4. The lowest BCUT2D eigenvalue weighted by Gasteiger charge is -2.38. The highest BCUT2D eigenvalue weighted by atomic mass is 32.2. The lowest BCUT2D eigenvalue weighted by atomic mass is 9.68. The second-order valence-electron chi connectivity index (χ2n) is 6.32. The maximum Gasteiger partial charge on any atom is 0.243 e. The third-order valence-corrected chi connectivity index (χ3v) is 6.31. The number of benzene rings is 2. The highest BCUT2D eigenvalue weighted by Crippen LogP contribution is 2.39. The Bertz CT molecular complexity index is 831. The lowest BCUT2D eigenvalue weighted by molar-refractivity contribution is 0.376. The van der Waals surface area contributed by atoms with E-state index in [4.69, 9.17) is 7.85 Å². The van der Waals surface area contributed by atoms with E-state index in [0.717, 1.165) is 16.7 Å². The van der Waals surface area contributed by atoms with Gasteiger partial charge in [0.05, 0.1) is 12.7 Å². The summed E-state index contributed by atoms with van der Waals surface area (Å²) in [6.45, 7) is 6.62. The fourth-order valence-electron chi connectivity index (χ4n) is 3.22. The van der Waals surface area contributed by atoms with E-state index < -0.39 is 10.0 Å². The standard InChI is InChI=1S/C19H20BNO2S/c1-14-8-10-17(11-9-14)24(22,23)21-12-15(2)19(18(20)13-21)16-6-4-3-5-7-16/h3-11,18-19H,2,12-13H2,1H3/t18-,19+/m0/s1. The molecule has 0 saturated carbocycles. The SMILES string of the molecule is [B][C@H]1CN(S(=O)(=O)c2ccc(C)cc2)CC(=C)[C@@H]1c1ccccc1. The Morgan fingerprint density at radius 1 is 1.08 bits per heavy atom. The minimum absolute atomic E-state index is 0.0179. The van der Waals surface area contributed by atoms with Gasteiger partial charge in [-0.3, -0.25) is 0 Å². The van der Waals surface area contributed by atoms with Crippen LogP contribution in [0, 0.1) is 6.92 Å². The van der Waals surface area contributed by atoms with Crippen LogP contribution < -0.4 is 0 Å². The monoisotopic (exact) mass is 337 g/mol. The maximum atomic E-state index is 12.9. The predicted molar refractivity (Wildman–Crippen MR) is 97.8 cm³/mol. The van der Waals surface area contributed by atoms with Gasteiger partial charge in [-0.25, -0.2) is 8.42 Å². The molecule has 0 aliphatic carbocycles. The largest absolute Gasteiger partial charge is 0.243 e. The molecule has 0 bridgehead atoms. The highest BCUT2D eigenvalue weighted by molar-refractivity contribution is 7.89. The molecule has 0 unspecified atom stereocenters. The van der Waals surface area contributed by atoms with Gasteiger partial charge >= 0.3 is 0 Å². The van der Waals surface area contributed by atoms with E-state index in [1.807, 2.05) is 37.3 Å². The maximum absolute atomic E-state index is 12.9. The molecular formula is C19H20BNO2S. The van der Waals surface area contributed by atoms with Gasteiger partial charge in [0.1, 0.15) is 0 Å². The highest BCUT2D eigenvalue weighted by Gasteiger charge is 2.35. The summed E-state index contributed by atoms with van der Waals surface area (Å²) in [6, 6.07) is 16.8. The van der Waals surface area contributed by atoms with E-state index in [9.17, 15) is 8.42 Å². The van der Waals surface area contributed by atoms with Crippen molar-refractivity contribution < 1.29 is 8.42 Å². The van der Waals surface area contributed by atoms with Gasteiger partial charge in [0, 0.05) is 19.0 Å². The van der Waals surface area contributed by atoms with Crippen molar-refractivity contribution in [3.8, 4) is 0 Å². The van der Waals surface area contributed by atoms with Crippen molar-refractivity contribution in [2.75, 3.05) is 13.1 Å². The Balaban J connectivity index is 1.86. The predicted octanol–water partition coefficient (Wildman–Crippen LogP) is 3.30. The molecule has 0 spiro atoms. The Morgan fingerprint density at radius 3 is 2.29 bits per heavy atom. The molecule has 1 aliphatic rings. The van der Waals surface area contributed by atoms with Crippen LogP contribution in [-0.4, -0.2) is 33.7 Å². The van der Waals surface area contributed by atoms with Crippen molar-refractivity contribution in [2.45, 2.75) is 23.6 Å². The first-order valence-corrected chi connectivity index (χ1v) is 9.38. The molecule has 0 amide bonds. The summed E-state index contributed by atoms with van der Waals surface area (Å²) in [6.07, 6.45) is 0. The van der Waals surface area contributed by atoms with Gasteiger partial charge in [0.2, 0.25) is 10.0 Å². The normalized spacial score (nSPS) is 22.5. The van der Waals surface area contributed by atoms with Gasteiger partial charge < -0.3 is 0 Å². The second kappa shape index (κ2) is 6.57. The van der Waals surface area contributed by atoms with Crippen LogP contribution >= 0.6 is 0 Å². The van der Waals surface area contributed by atoms with Crippen molar-refractivity contribution in [1.29, 1.82) is 0 Å². The average molecular weight is 337 g/mol. The molecule has 2 aromatic rings. The van der Waals surface area contributed by atoms with Crippen molar-refractivity contribution >= 4 is 17.9 Å². The number of rotatable bonds is 3. The molecule has 1 saturated heterocycles. The molecule has 3 nitrogen and oxygen atoms in total. The third-order valence-electron chi connectivity index (χ3n) is 4.48. The van der Waals surface area contributed by atoms with Crippen LogP contribution in [0.15, 0.2) is 71.6 Å². The van der Waals surface area contributed by atoms with Crippen LogP contribution in [0.1, 0.15) is 17.0 Å². The van der Waals surface area contributed by atoms with E-state index >= 15 is 0 Å². The van der Waals surface area contributed by atoms with Crippen molar-refractivity contribution in [1.82, 2.24) is 4.31 Å². The Morgan fingerprint density at radius 2 is 1.71 bits per heavy atom. The second-order valence-corrected chi connectivity index (χ2v) is 8.26. The molecule has 0 N–H and O–H groups in total. The van der Waals surface area contributed by atoms with Crippen LogP contribution in [0.3, 0.4) is 0 Å². The molecule has 24 heavy (non-hydrogen) atoms. The summed E-state index contributed by atoms with van der Waals surface area (Å²) in [4.78, 5) is 0.297. The molecule has 122 valence electrons. The van der Waals surface area contributed by atoms with Crippen LogP contribution in [0.2, 0.25) is 5.82 Å². The Labute approximate surface area is 145 Å². The summed E-state index contributed by atoms with van der Waals surface area (Å²) < 4.78 is 27.2. The van der Waals surface area contributed by atoms with E-state index in [0.29, 0.717) is 11.4 Å². The molecule has 0 aromatic heterocycles. The summed E-state index contributed by atoms with van der Waals surface area (Å²) in [7, 11) is 2.77. The van der Waals surface area contributed by atoms with Crippen LogP contribution in [-0.2, 0) is 10.0 Å². The van der Waals surface area contributed by atoms with Crippen molar-refractivity contribution in [2.24, 2.45) is 0 Å². The fourth-order valence-corrected chi connectivity index (χ4v) is 4.70.